The summed E-state index contributed by atoms with van der Waals surface area (Å²) in [6.07, 6.45) is 5.59. The van der Waals surface area contributed by atoms with Crippen LogP contribution in [0.1, 0.15) is 68.9 Å². The number of carbonyl (C=O) groups excluding carboxylic acids is 3. The summed E-state index contributed by atoms with van der Waals surface area (Å²) in [5.74, 6) is -1.83. The number of hydrogen-bond donors (Lipinski definition) is 4. The summed E-state index contributed by atoms with van der Waals surface area (Å²) < 4.78 is 6.62. The van der Waals surface area contributed by atoms with Crippen LogP contribution in [0.3, 0.4) is 0 Å². The van der Waals surface area contributed by atoms with Gasteiger partial charge in [0.2, 0.25) is 5.91 Å². The molecule has 1 aromatic heterocycles. The Labute approximate surface area is 222 Å². The Morgan fingerprint density at radius 3 is 2.26 bits per heavy atom. The number of carboxylic acids is 1. The highest BCUT2D eigenvalue weighted by Crippen LogP contribution is 2.27. The van der Waals surface area contributed by atoms with Gasteiger partial charge in [0.15, 0.2) is 0 Å². The van der Waals surface area contributed by atoms with E-state index in [0.717, 1.165) is 32.1 Å². The van der Waals surface area contributed by atoms with Crippen LogP contribution in [0.15, 0.2) is 36.5 Å². The average molecular weight is 528 g/mol. The first-order chi connectivity index (χ1) is 17.9. The van der Waals surface area contributed by atoms with Crippen molar-refractivity contribution in [3.8, 4) is 0 Å². The van der Waals surface area contributed by atoms with Gasteiger partial charge < -0.3 is 25.8 Å². The van der Waals surface area contributed by atoms with E-state index in [1.54, 1.807) is 58.2 Å². The molecule has 1 saturated carbocycles. The Morgan fingerprint density at radius 2 is 1.71 bits per heavy atom. The molecular weight excluding hydrogens is 490 g/mol. The maximum absolute atomic E-state index is 13.3. The second-order valence-corrected chi connectivity index (χ2v) is 10.6. The van der Waals surface area contributed by atoms with Gasteiger partial charge in [-0.3, -0.25) is 14.3 Å². The maximum Gasteiger partial charge on any atom is 0.408 e. The van der Waals surface area contributed by atoms with Crippen molar-refractivity contribution in [3.63, 3.8) is 0 Å². The van der Waals surface area contributed by atoms with Gasteiger partial charge in [-0.15, -0.1) is 0 Å². The minimum absolute atomic E-state index is 0.0236. The molecule has 2 atom stereocenters. The first kappa shape index (κ1) is 28.7. The number of aryl methyl sites for hydroxylation is 1. The van der Waals surface area contributed by atoms with Crippen LogP contribution in [0.2, 0.25) is 0 Å². The fourth-order valence-electron chi connectivity index (χ4n) is 4.51. The highest BCUT2D eigenvalue weighted by molar-refractivity contribution is 6.00. The molecule has 2 aromatic rings. The molecule has 1 aromatic carbocycles. The van der Waals surface area contributed by atoms with Gasteiger partial charge >= 0.3 is 12.1 Å². The van der Waals surface area contributed by atoms with Gasteiger partial charge in [0.25, 0.3) is 5.91 Å². The lowest BCUT2D eigenvalue weighted by Crippen LogP contribution is -2.49. The summed E-state index contributed by atoms with van der Waals surface area (Å²) in [4.78, 5) is 49.8. The summed E-state index contributed by atoms with van der Waals surface area (Å²) >= 11 is 0. The van der Waals surface area contributed by atoms with Gasteiger partial charge in [-0.25, -0.2) is 9.59 Å². The monoisotopic (exact) mass is 527 g/mol. The van der Waals surface area contributed by atoms with Crippen LogP contribution in [-0.4, -0.2) is 56.4 Å². The molecule has 1 heterocycles. The second-order valence-electron chi connectivity index (χ2n) is 10.6. The molecule has 1 aliphatic rings. The number of alkyl carbamates (subject to hydrolysis) is 1. The summed E-state index contributed by atoms with van der Waals surface area (Å²) in [6, 6.07) is 6.43. The first-order valence-electron chi connectivity index (χ1n) is 12.8. The average Bonchev–Trinajstić information content (AvgIpc) is 3.28. The number of hydrogen-bond acceptors (Lipinski definition) is 6. The van der Waals surface area contributed by atoms with Crippen molar-refractivity contribution in [2.24, 2.45) is 13.0 Å². The Kier molecular flexibility index (Phi) is 9.49. The highest BCUT2D eigenvalue weighted by Gasteiger charge is 2.32. The summed E-state index contributed by atoms with van der Waals surface area (Å²) in [7, 11) is 1.67. The summed E-state index contributed by atoms with van der Waals surface area (Å²) in [6.45, 7) is 5.08. The molecule has 0 unspecified atom stereocenters. The zero-order valence-corrected chi connectivity index (χ0v) is 22.3. The third kappa shape index (κ3) is 8.32. The number of benzene rings is 1. The standard InChI is InChI=1S/C27H37N5O6/c1-27(2,3)38-26(37)30-20(25(35)36)16-17-10-12-19(13-11-17)29-24(34)22(18-8-6-5-7-9-18)31-23(33)21-14-15-28-32(21)4/h10-15,18,20,22H,5-9,16H2,1-4H3,(H,29,34)(H,30,37)(H,31,33)(H,35,36)/t20-,22+/m1/s1. The van der Waals surface area contributed by atoms with E-state index in [-0.39, 0.29) is 24.2 Å². The predicted molar refractivity (Wildman–Crippen MR) is 141 cm³/mol. The van der Waals surface area contributed by atoms with Crippen molar-refractivity contribution in [3.05, 3.63) is 47.8 Å². The molecule has 206 valence electrons. The topological polar surface area (TPSA) is 152 Å². The van der Waals surface area contributed by atoms with Gasteiger partial charge in [-0.1, -0.05) is 31.4 Å². The lowest BCUT2D eigenvalue weighted by molar-refractivity contribution is -0.139. The normalized spacial score (nSPS) is 15.7. The van der Waals surface area contributed by atoms with Crippen LogP contribution in [0.25, 0.3) is 0 Å². The van der Waals surface area contributed by atoms with Gasteiger partial charge in [0.05, 0.1) is 0 Å². The molecule has 11 heteroatoms. The number of amides is 3. The van der Waals surface area contributed by atoms with E-state index in [4.69, 9.17) is 4.74 Å². The number of nitrogens with one attached hydrogen (secondary N) is 3. The van der Waals surface area contributed by atoms with Crippen LogP contribution in [0.4, 0.5) is 10.5 Å². The largest absolute Gasteiger partial charge is 0.480 e. The molecule has 38 heavy (non-hydrogen) atoms. The molecule has 0 radical (unpaired) electrons. The van der Waals surface area contributed by atoms with E-state index in [9.17, 15) is 24.3 Å². The quantitative estimate of drug-likeness (QED) is 0.391. The Morgan fingerprint density at radius 1 is 1.05 bits per heavy atom. The Hall–Kier alpha value is -3.89. The van der Waals surface area contributed by atoms with E-state index in [2.05, 4.69) is 21.0 Å². The Bertz CT molecular complexity index is 1130. The third-order valence-electron chi connectivity index (χ3n) is 6.39. The third-order valence-corrected chi connectivity index (χ3v) is 6.39. The van der Waals surface area contributed by atoms with Crippen molar-refractivity contribution < 1.29 is 29.0 Å². The van der Waals surface area contributed by atoms with Gasteiger partial charge in [-0.2, -0.15) is 5.10 Å². The summed E-state index contributed by atoms with van der Waals surface area (Å²) in [5.41, 5.74) is 0.789. The summed E-state index contributed by atoms with van der Waals surface area (Å²) in [5, 5.41) is 21.7. The minimum Gasteiger partial charge on any atom is -0.480 e. The van der Waals surface area contributed by atoms with Crippen LogP contribution < -0.4 is 16.0 Å². The molecule has 0 bridgehead atoms. The van der Waals surface area contributed by atoms with Crippen molar-refractivity contribution in [1.82, 2.24) is 20.4 Å². The van der Waals surface area contributed by atoms with Crippen LogP contribution in [-0.2, 0) is 27.8 Å². The molecule has 0 saturated heterocycles. The zero-order valence-electron chi connectivity index (χ0n) is 22.3. The van der Waals surface area contributed by atoms with Crippen molar-refractivity contribution >= 4 is 29.6 Å². The number of carboxylic acid groups (broad SMARTS) is 1. The first-order valence-corrected chi connectivity index (χ1v) is 12.8. The van der Waals surface area contributed by atoms with Crippen LogP contribution in [0.5, 0.6) is 0 Å². The maximum atomic E-state index is 13.3. The smallest absolute Gasteiger partial charge is 0.408 e. The molecule has 3 rings (SSSR count). The molecule has 1 aliphatic carbocycles. The second kappa shape index (κ2) is 12.6. The van der Waals surface area contributed by atoms with Gasteiger partial charge in [-0.05, 0) is 63.3 Å². The molecule has 3 amide bonds. The zero-order chi connectivity index (χ0) is 27.9. The fourth-order valence-corrected chi connectivity index (χ4v) is 4.51. The van der Waals surface area contributed by atoms with Crippen molar-refractivity contribution in [2.75, 3.05) is 5.32 Å². The number of aromatic nitrogens is 2. The number of carbonyl (C=O) groups is 4. The van der Waals surface area contributed by atoms with Gasteiger partial charge in [0.1, 0.15) is 23.4 Å². The fraction of sp³-hybridized carbons (Fsp3) is 0.519. The molecular formula is C27H37N5O6. The SMILES string of the molecule is Cn1nccc1C(=O)N[C@H](C(=O)Nc1ccc(C[C@@H](NC(=O)OC(C)(C)C)C(=O)O)cc1)C1CCCCC1. The van der Waals surface area contributed by atoms with Crippen molar-refractivity contribution in [2.45, 2.75) is 77.0 Å². The predicted octanol–water partition coefficient (Wildman–Crippen LogP) is 3.26. The lowest BCUT2D eigenvalue weighted by Gasteiger charge is -2.30. The number of rotatable bonds is 9. The number of ether oxygens (including phenoxy) is 1. The Balaban J connectivity index is 1.66. The molecule has 1 fully saturated rings. The van der Waals surface area contributed by atoms with E-state index >= 15 is 0 Å². The van der Waals surface area contributed by atoms with E-state index < -0.39 is 29.7 Å². The van der Waals surface area contributed by atoms with Crippen molar-refractivity contribution in [1.29, 1.82) is 0 Å². The number of anilines is 1. The number of nitrogens with zero attached hydrogens (tertiary/aromatic N) is 2. The molecule has 11 nitrogen and oxygen atoms in total. The van der Waals surface area contributed by atoms with E-state index in [0.29, 0.717) is 16.9 Å². The molecule has 0 spiro atoms. The van der Waals surface area contributed by atoms with E-state index in [1.165, 1.54) is 10.9 Å². The highest BCUT2D eigenvalue weighted by atomic mass is 16.6. The van der Waals surface area contributed by atoms with Crippen LogP contribution >= 0.6 is 0 Å². The number of aliphatic carboxylic acids is 1. The molecule has 4 N–H and O–H groups in total. The van der Waals surface area contributed by atoms with Crippen LogP contribution in [0, 0.1) is 5.92 Å². The lowest BCUT2D eigenvalue weighted by atomic mass is 9.83. The molecule has 0 aliphatic heterocycles. The minimum atomic E-state index is -1.19. The van der Waals surface area contributed by atoms with Gasteiger partial charge in [0, 0.05) is 25.4 Å². The van der Waals surface area contributed by atoms with E-state index in [1.807, 2.05) is 0 Å².